The molecule has 0 heterocycles. The molecule has 0 fully saturated rings. The average Bonchev–Trinajstić information content (AvgIpc) is 2.30. The van der Waals surface area contributed by atoms with Crippen LogP contribution in [-0.4, -0.2) is 0 Å². The van der Waals surface area contributed by atoms with E-state index in [-0.39, 0.29) is 0 Å². The van der Waals surface area contributed by atoms with Crippen molar-refractivity contribution in [3.63, 3.8) is 0 Å². The summed E-state index contributed by atoms with van der Waals surface area (Å²) in [6.45, 7) is 4.31. The number of halogens is 1. The second-order valence-electron chi connectivity index (χ2n) is 3.47. The Morgan fingerprint density at radius 2 is 2.00 bits per heavy atom. The maximum absolute atomic E-state index is 3.55. The SMILES string of the molecule is CC1=Cc2cc(C)c(Br)cc2C1. The molecule has 62 valence electrons. The highest BCUT2D eigenvalue weighted by Crippen LogP contribution is 2.29. The van der Waals surface area contributed by atoms with Gasteiger partial charge in [-0.3, -0.25) is 0 Å². The molecule has 12 heavy (non-hydrogen) atoms. The van der Waals surface area contributed by atoms with Gasteiger partial charge in [0.25, 0.3) is 0 Å². The second-order valence-corrected chi connectivity index (χ2v) is 4.32. The Kier molecular flexibility index (Phi) is 1.84. The molecule has 1 heteroatoms. The predicted molar refractivity (Wildman–Crippen MR) is 56.2 cm³/mol. The zero-order chi connectivity index (χ0) is 8.72. The van der Waals surface area contributed by atoms with E-state index >= 15 is 0 Å². The van der Waals surface area contributed by atoms with Crippen LogP contribution in [0.3, 0.4) is 0 Å². The fourth-order valence-electron chi connectivity index (χ4n) is 1.65. The van der Waals surface area contributed by atoms with Gasteiger partial charge in [-0.2, -0.15) is 0 Å². The molecule has 1 aliphatic rings. The van der Waals surface area contributed by atoms with Crippen molar-refractivity contribution in [2.75, 3.05) is 0 Å². The number of fused-ring (bicyclic) bond motifs is 1. The van der Waals surface area contributed by atoms with E-state index < -0.39 is 0 Å². The van der Waals surface area contributed by atoms with E-state index in [1.54, 1.807) is 0 Å². The molecule has 0 aliphatic heterocycles. The fraction of sp³-hybridized carbons (Fsp3) is 0.273. The number of hydrogen-bond acceptors (Lipinski definition) is 0. The highest BCUT2D eigenvalue weighted by atomic mass is 79.9. The third-order valence-electron chi connectivity index (χ3n) is 2.29. The van der Waals surface area contributed by atoms with Crippen molar-refractivity contribution >= 4 is 22.0 Å². The first-order valence-corrected chi connectivity index (χ1v) is 4.92. The summed E-state index contributed by atoms with van der Waals surface area (Å²) in [7, 11) is 0. The van der Waals surface area contributed by atoms with Crippen LogP contribution in [0.25, 0.3) is 6.08 Å². The van der Waals surface area contributed by atoms with Crippen LogP contribution in [0.2, 0.25) is 0 Å². The molecule has 0 atom stereocenters. The number of hydrogen-bond donors (Lipinski definition) is 0. The molecule has 0 nitrogen and oxygen atoms in total. The summed E-state index contributed by atoms with van der Waals surface area (Å²) in [6, 6.07) is 4.48. The minimum atomic E-state index is 1.12. The molecule has 0 saturated carbocycles. The molecule has 0 radical (unpaired) electrons. The lowest BCUT2D eigenvalue weighted by atomic mass is 10.1. The van der Waals surface area contributed by atoms with Crippen LogP contribution in [0.5, 0.6) is 0 Å². The molecule has 0 N–H and O–H groups in total. The third-order valence-corrected chi connectivity index (χ3v) is 3.15. The zero-order valence-electron chi connectivity index (χ0n) is 7.32. The van der Waals surface area contributed by atoms with Crippen LogP contribution < -0.4 is 0 Å². The Balaban J connectivity index is 2.57. The number of benzene rings is 1. The van der Waals surface area contributed by atoms with E-state index in [2.05, 4.69) is 48.0 Å². The fourth-order valence-corrected chi connectivity index (χ4v) is 2.04. The molecule has 0 aromatic heterocycles. The lowest BCUT2D eigenvalue weighted by molar-refractivity contribution is 1.18. The van der Waals surface area contributed by atoms with Crippen molar-refractivity contribution in [2.24, 2.45) is 0 Å². The van der Waals surface area contributed by atoms with Crippen molar-refractivity contribution in [3.05, 3.63) is 38.9 Å². The Morgan fingerprint density at radius 1 is 1.25 bits per heavy atom. The maximum Gasteiger partial charge on any atom is 0.0207 e. The maximum atomic E-state index is 3.55. The largest absolute Gasteiger partial charge is 0.0683 e. The van der Waals surface area contributed by atoms with Crippen LogP contribution in [0, 0.1) is 6.92 Å². The molecular weight excluding hydrogens is 212 g/mol. The summed E-state index contributed by atoms with van der Waals surface area (Å²) in [4.78, 5) is 0. The van der Waals surface area contributed by atoms with Gasteiger partial charge in [-0.25, -0.2) is 0 Å². The highest BCUT2D eigenvalue weighted by molar-refractivity contribution is 9.10. The van der Waals surface area contributed by atoms with Gasteiger partial charge in [0, 0.05) is 4.47 Å². The number of rotatable bonds is 0. The average molecular weight is 223 g/mol. The van der Waals surface area contributed by atoms with E-state index in [9.17, 15) is 0 Å². The predicted octanol–water partition coefficient (Wildman–Crippen LogP) is 3.72. The van der Waals surface area contributed by atoms with Crippen molar-refractivity contribution in [3.8, 4) is 0 Å². The summed E-state index contributed by atoms with van der Waals surface area (Å²) < 4.78 is 1.23. The van der Waals surface area contributed by atoms with Gasteiger partial charge in [0.15, 0.2) is 0 Å². The van der Waals surface area contributed by atoms with Crippen LogP contribution >= 0.6 is 15.9 Å². The Bertz CT molecular complexity index is 362. The standard InChI is InChI=1S/C11H11Br/c1-7-3-9-5-8(2)11(12)6-10(9)4-7/h3,5-6H,4H2,1-2H3. The minimum absolute atomic E-state index is 1.12. The van der Waals surface area contributed by atoms with Gasteiger partial charge in [0.05, 0.1) is 0 Å². The Morgan fingerprint density at radius 3 is 2.75 bits per heavy atom. The van der Waals surface area contributed by atoms with Crippen LogP contribution in [0.4, 0.5) is 0 Å². The summed E-state index contributed by atoms with van der Waals surface area (Å²) in [5.41, 5.74) is 5.63. The first-order chi connectivity index (χ1) is 5.66. The van der Waals surface area contributed by atoms with Crippen LogP contribution in [-0.2, 0) is 6.42 Å². The lowest BCUT2D eigenvalue weighted by Crippen LogP contribution is -1.85. The normalized spacial score (nSPS) is 14.4. The summed E-state index contributed by atoms with van der Waals surface area (Å²) in [5, 5.41) is 0. The zero-order valence-corrected chi connectivity index (χ0v) is 8.90. The Labute approximate surface area is 81.4 Å². The van der Waals surface area contributed by atoms with Crippen molar-refractivity contribution in [2.45, 2.75) is 20.3 Å². The first kappa shape index (κ1) is 8.06. The monoisotopic (exact) mass is 222 g/mol. The molecule has 1 aromatic carbocycles. The molecule has 1 aliphatic carbocycles. The highest BCUT2D eigenvalue weighted by Gasteiger charge is 2.10. The third kappa shape index (κ3) is 1.22. The van der Waals surface area contributed by atoms with Gasteiger partial charge in [-0.05, 0) is 43.0 Å². The molecule has 1 aromatic rings. The van der Waals surface area contributed by atoms with Gasteiger partial charge in [0.1, 0.15) is 0 Å². The van der Waals surface area contributed by atoms with E-state index in [4.69, 9.17) is 0 Å². The van der Waals surface area contributed by atoms with Gasteiger partial charge in [0.2, 0.25) is 0 Å². The molecule has 0 saturated heterocycles. The quantitative estimate of drug-likeness (QED) is 0.628. The molecule has 2 rings (SSSR count). The van der Waals surface area contributed by atoms with Gasteiger partial charge >= 0.3 is 0 Å². The number of aryl methyl sites for hydroxylation is 1. The molecule has 0 amide bonds. The smallest absolute Gasteiger partial charge is 0.0207 e. The van der Waals surface area contributed by atoms with Gasteiger partial charge in [-0.1, -0.05) is 33.6 Å². The van der Waals surface area contributed by atoms with Crippen molar-refractivity contribution < 1.29 is 0 Å². The van der Waals surface area contributed by atoms with E-state index in [1.807, 2.05) is 0 Å². The molecule has 0 bridgehead atoms. The second kappa shape index (κ2) is 2.74. The summed E-state index contributed by atoms with van der Waals surface area (Å²) >= 11 is 3.55. The van der Waals surface area contributed by atoms with E-state index in [1.165, 1.54) is 26.7 Å². The molecular formula is C11H11Br. The number of allylic oxidation sites excluding steroid dienone is 1. The van der Waals surface area contributed by atoms with Crippen molar-refractivity contribution in [1.29, 1.82) is 0 Å². The topological polar surface area (TPSA) is 0 Å². The summed E-state index contributed by atoms with van der Waals surface area (Å²) in [5.74, 6) is 0. The van der Waals surface area contributed by atoms with Crippen LogP contribution in [0.15, 0.2) is 22.2 Å². The molecule has 0 unspecified atom stereocenters. The van der Waals surface area contributed by atoms with E-state index in [0.717, 1.165) is 6.42 Å². The van der Waals surface area contributed by atoms with Gasteiger partial charge in [-0.15, -0.1) is 0 Å². The Hall–Kier alpha value is -0.560. The van der Waals surface area contributed by atoms with Crippen molar-refractivity contribution in [1.82, 2.24) is 0 Å². The molecule has 0 spiro atoms. The lowest BCUT2D eigenvalue weighted by Gasteiger charge is -2.02. The minimum Gasteiger partial charge on any atom is -0.0683 e. The van der Waals surface area contributed by atoms with Crippen LogP contribution in [0.1, 0.15) is 23.6 Å². The first-order valence-electron chi connectivity index (χ1n) is 4.13. The summed E-state index contributed by atoms with van der Waals surface area (Å²) in [6.07, 6.45) is 3.39. The van der Waals surface area contributed by atoms with E-state index in [0.29, 0.717) is 0 Å². The van der Waals surface area contributed by atoms with Gasteiger partial charge < -0.3 is 0 Å².